The average molecular weight is 323 g/mol. The van der Waals surface area contributed by atoms with E-state index >= 15 is 0 Å². The Morgan fingerprint density at radius 1 is 1.05 bits per heavy atom. The molecule has 1 nitrogen and oxygen atoms in total. The maximum Gasteiger partial charge on any atom is 0 e. The van der Waals surface area contributed by atoms with Crippen LogP contribution in [0.25, 0.3) is 0 Å². The first-order valence-corrected chi connectivity index (χ1v) is 8.02. The molecule has 2 atom stereocenters. The van der Waals surface area contributed by atoms with E-state index in [1.807, 2.05) is 0 Å². The van der Waals surface area contributed by atoms with Crippen molar-refractivity contribution in [2.24, 2.45) is 0 Å². The van der Waals surface area contributed by atoms with E-state index in [0.29, 0.717) is 12.0 Å². The molecule has 1 aliphatic rings. The zero-order valence-electron chi connectivity index (χ0n) is 12.8. The van der Waals surface area contributed by atoms with Crippen LogP contribution in [-0.4, -0.2) is 18.0 Å². The van der Waals surface area contributed by atoms with Crippen molar-refractivity contribution in [2.45, 2.75) is 44.6 Å². The molecule has 120 valence electrons. The van der Waals surface area contributed by atoms with Gasteiger partial charge in [-0.25, -0.2) is 12.1 Å². The summed E-state index contributed by atoms with van der Waals surface area (Å²) in [6.45, 7) is 4.91. The molecule has 0 spiro atoms. The Bertz CT molecular complexity index is 480. The van der Waals surface area contributed by atoms with E-state index in [0.717, 1.165) is 0 Å². The summed E-state index contributed by atoms with van der Waals surface area (Å²) in [5.41, 5.74) is 2.99. The molecule has 1 heterocycles. The summed E-state index contributed by atoms with van der Waals surface area (Å²) in [7, 11) is 0. The van der Waals surface area contributed by atoms with E-state index in [2.05, 4.69) is 60.4 Å². The standard InChI is InChI=1S/C19H25N.Fe/c1-16(17-9-3-4-10-17)15-19(18-11-5-6-12-18)20-13-7-2-8-14-20;/h3-6,9-12,16,19H,2,7-8,13-15H2,1H3;/q-6;. The van der Waals surface area contributed by atoms with Crippen LogP contribution in [0.3, 0.4) is 0 Å². The van der Waals surface area contributed by atoms with Gasteiger partial charge < -0.3 is 34.7 Å². The molecule has 0 N–H and O–H groups in total. The molecule has 1 fully saturated rings. The minimum Gasteiger partial charge on any atom is -0.748 e. The van der Waals surface area contributed by atoms with E-state index in [-0.39, 0.29) is 17.1 Å². The van der Waals surface area contributed by atoms with Gasteiger partial charge in [0.15, 0.2) is 0 Å². The van der Waals surface area contributed by atoms with Crippen LogP contribution in [-0.2, 0) is 17.1 Å². The molecule has 1 aliphatic heterocycles. The molecule has 0 aliphatic carbocycles. The normalized spacial score (nSPS) is 18.9. The SMILES string of the molecule is CC(CC([c-]1[cH-][cH-][cH-][cH-]1)N1CCCCC1)[c-]1cccc1.[Fe]. The van der Waals surface area contributed by atoms with Crippen molar-refractivity contribution in [3.8, 4) is 0 Å². The van der Waals surface area contributed by atoms with Crippen LogP contribution < -0.4 is 0 Å². The Labute approximate surface area is 139 Å². The number of piperidine rings is 1. The monoisotopic (exact) mass is 323 g/mol. The summed E-state index contributed by atoms with van der Waals surface area (Å²) in [6.07, 6.45) is 5.36. The van der Waals surface area contributed by atoms with Gasteiger partial charge in [0.1, 0.15) is 0 Å². The Morgan fingerprint density at radius 3 is 2.29 bits per heavy atom. The molecular weight excluding hydrogens is 298 g/mol. The first-order valence-electron chi connectivity index (χ1n) is 8.02. The Morgan fingerprint density at radius 2 is 1.67 bits per heavy atom. The molecule has 3 rings (SSSR count). The molecular formula is C19H25FeN-6. The van der Waals surface area contributed by atoms with Crippen molar-refractivity contribution in [3.05, 3.63) is 59.7 Å². The van der Waals surface area contributed by atoms with Gasteiger partial charge in [0, 0.05) is 17.1 Å². The third kappa shape index (κ3) is 4.09. The van der Waals surface area contributed by atoms with Crippen molar-refractivity contribution < 1.29 is 17.1 Å². The van der Waals surface area contributed by atoms with Crippen LogP contribution >= 0.6 is 0 Å². The number of rotatable bonds is 5. The summed E-state index contributed by atoms with van der Waals surface area (Å²) >= 11 is 0. The maximum atomic E-state index is 2.71. The molecule has 0 radical (unpaired) electrons. The minimum atomic E-state index is 0. The first kappa shape index (κ1) is 16.5. The maximum absolute atomic E-state index is 2.71. The number of hydrogen-bond acceptors (Lipinski definition) is 1. The van der Waals surface area contributed by atoms with E-state index in [1.54, 1.807) is 0 Å². The molecule has 0 aromatic heterocycles. The molecule has 2 aromatic carbocycles. The second-order valence-corrected chi connectivity index (χ2v) is 6.19. The number of hydrogen-bond donors (Lipinski definition) is 0. The molecule has 0 saturated carbocycles. The number of nitrogens with zero attached hydrogens (tertiary/aromatic N) is 1. The number of likely N-dealkylation sites (tertiary alicyclic amines) is 1. The third-order valence-corrected chi connectivity index (χ3v) is 4.74. The van der Waals surface area contributed by atoms with Crippen LogP contribution in [0.2, 0.25) is 0 Å². The van der Waals surface area contributed by atoms with E-state index in [1.165, 1.54) is 49.9 Å². The molecule has 0 amide bonds. The predicted molar refractivity (Wildman–Crippen MR) is 85.3 cm³/mol. The fourth-order valence-corrected chi connectivity index (χ4v) is 3.53. The zero-order valence-corrected chi connectivity index (χ0v) is 13.9. The van der Waals surface area contributed by atoms with Gasteiger partial charge in [-0.2, -0.15) is 23.7 Å². The Kier molecular flexibility index (Phi) is 6.29. The van der Waals surface area contributed by atoms with Crippen molar-refractivity contribution >= 4 is 0 Å². The van der Waals surface area contributed by atoms with Crippen molar-refractivity contribution in [1.29, 1.82) is 0 Å². The summed E-state index contributed by atoms with van der Waals surface area (Å²) < 4.78 is 0. The second kappa shape index (κ2) is 7.98. The molecule has 0 bridgehead atoms. The largest absolute Gasteiger partial charge is 0.748 e. The summed E-state index contributed by atoms with van der Waals surface area (Å²) in [4.78, 5) is 2.71. The second-order valence-electron chi connectivity index (χ2n) is 6.19. The Hall–Kier alpha value is -0.821. The topological polar surface area (TPSA) is 3.24 Å². The van der Waals surface area contributed by atoms with Crippen LogP contribution in [0.5, 0.6) is 0 Å². The Balaban J connectivity index is 0.00000161. The zero-order chi connectivity index (χ0) is 13.8. The predicted octanol–water partition coefficient (Wildman–Crippen LogP) is 4.84. The van der Waals surface area contributed by atoms with E-state index in [9.17, 15) is 0 Å². The molecule has 2 heteroatoms. The fraction of sp³-hybridized carbons (Fsp3) is 0.474. The molecule has 21 heavy (non-hydrogen) atoms. The first-order chi connectivity index (χ1) is 9.84. The quantitative estimate of drug-likeness (QED) is 0.562. The van der Waals surface area contributed by atoms with Crippen molar-refractivity contribution in [3.63, 3.8) is 0 Å². The fourth-order valence-electron chi connectivity index (χ4n) is 3.53. The van der Waals surface area contributed by atoms with E-state index in [4.69, 9.17) is 0 Å². The van der Waals surface area contributed by atoms with Gasteiger partial charge >= 0.3 is 0 Å². The van der Waals surface area contributed by atoms with Crippen molar-refractivity contribution in [1.82, 2.24) is 4.90 Å². The van der Waals surface area contributed by atoms with Gasteiger partial charge in [-0.1, -0.05) is 25.7 Å². The molecule has 2 aromatic rings. The van der Waals surface area contributed by atoms with Crippen LogP contribution in [0.1, 0.15) is 55.7 Å². The summed E-state index contributed by atoms with van der Waals surface area (Å²) in [5.74, 6) is 0.631. The van der Waals surface area contributed by atoms with Crippen LogP contribution in [0, 0.1) is 0 Å². The minimum absolute atomic E-state index is 0. The summed E-state index contributed by atoms with van der Waals surface area (Å²) in [6, 6.07) is 18.4. The van der Waals surface area contributed by atoms with Crippen LogP contribution in [0.4, 0.5) is 0 Å². The van der Waals surface area contributed by atoms with Gasteiger partial charge in [-0.05, 0) is 25.9 Å². The average Bonchev–Trinajstić information content (AvgIpc) is 3.18. The van der Waals surface area contributed by atoms with Gasteiger partial charge in [0.2, 0.25) is 0 Å². The molecule has 2 unspecified atom stereocenters. The molecule has 1 saturated heterocycles. The summed E-state index contributed by atoms with van der Waals surface area (Å²) in [5, 5.41) is 0. The van der Waals surface area contributed by atoms with Gasteiger partial charge in [0.25, 0.3) is 0 Å². The van der Waals surface area contributed by atoms with Gasteiger partial charge in [-0.3, -0.25) is 0 Å². The van der Waals surface area contributed by atoms with E-state index < -0.39 is 0 Å². The van der Waals surface area contributed by atoms with Gasteiger partial charge in [0.05, 0.1) is 0 Å². The van der Waals surface area contributed by atoms with Gasteiger partial charge in [-0.15, -0.1) is 0 Å². The smallest absolute Gasteiger partial charge is 0 e. The van der Waals surface area contributed by atoms with Crippen LogP contribution in [0.15, 0.2) is 48.5 Å². The van der Waals surface area contributed by atoms with Crippen molar-refractivity contribution in [2.75, 3.05) is 13.1 Å². The third-order valence-electron chi connectivity index (χ3n) is 4.74.